The van der Waals surface area contributed by atoms with Gasteiger partial charge in [-0.05, 0) is 6.07 Å². The molecule has 0 aliphatic heterocycles. The summed E-state index contributed by atoms with van der Waals surface area (Å²) < 4.78 is 20.5. The fourth-order valence-electron chi connectivity index (χ4n) is 1.92. The summed E-state index contributed by atoms with van der Waals surface area (Å²) in [6, 6.07) is 2.63. The highest BCUT2D eigenvalue weighted by Crippen LogP contribution is 2.38. The van der Waals surface area contributed by atoms with Gasteiger partial charge in [-0.2, -0.15) is 5.10 Å². The zero-order chi connectivity index (χ0) is 15.0. The number of fused-ring (bicyclic) bond motifs is 1. The Balaban J connectivity index is 2.05. The van der Waals surface area contributed by atoms with Gasteiger partial charge in [0.2, 0.25) is 0 Å². The van der Waals surface area contributed by atoms with Crippen molar-refractivity contribution in [2.24, 2.45) is 0 Å². The molecule has 0 saturated heterocycles. The quantitative estimate of drug-likeness (QED) is 0.778. The second-order valence-corrected chi connectivity index (χ2v) is 4.61. The lowest BCUT2D eigenvalue weighted by molar-refractivity contribution is 0.486. The highest BCUT2D eigenvalue weighted by Gasteiger charge is 2.14. The first-order chi connectivity index (χ1) is 10.1. The van der Waals surface area contributed by atoms with E-state index < -0.39 is 0 Å². The summed E-state index contributed by atoms with van der Waals surface area (Å²) in [5.74, 6) is 0.547. The topological polar surface area (TPSA) is 77.5 Å². The summed E-state index contributed by atoms with van der Waals surface area (Å²) >= 11 is 6.20. The number of nitrogens with two attached hydrogens (primary N) is 1. The van der Waals surface area contributed by atoms with Crippen molar-refractivity contribution in [3.05, 3.63) is 41.6 Å². The molecule has 3 aromatic rings. The monoisotopic (exact) mass is 307 g/mol. The van der Waals surface area contributed by atoms with E-state index in [4.69, 9.17) is 22.1 Å². The number of nitrogens with zero attached hydrogens (tertiary/aromatic N) is 3. The maximum atomic E-state index is 13.3. The maximum Gasteiger partial charge on any atom is 0.173 e. The van der Waals surface area contributed by atoms with E-state index in [0.29, 0.717) is 27.7 Å². The predicted molar refractivity (Wildman–Crippen MR) is 78.4 cm³/mol. The molecule has 0 fully saturated rings. The number of aromatic nitrogens is 3. The highest BCUT2D eigenvalue weighted by molar-refractivity contribution is 6.35. The number of hydrogen-bond donors (Lipinski definition) is 2. The Kier molecular flexibility index (Phi) is 3.26. The van der Waals surface area contributed by atoms with Crippen LogP contribution >= 0.6 is 11.6 Å². The van der Waals surface area contributed by atoms with Crippen LogP contribution in [-0.2, 0) is 0 Å². The first-order valence-electron chi connectivity index (χ1n) is 6.02. The van der Waals surface area contributed by atoms with E-state index >= 15 is 0 Å². The molecule has 0 unspecified atom stereocenters. The Labute approximate surface area is 124 Å². The third-order valence-electron chi connectivity index (χ3n) is 2.93. The molecule has 8 heteroatoms. The SMILES string of the molecule is CNc1c(N)ncc(Oc2cnn3ccc(F)cc23)c1Cl. The van der Waals surface area contributed by atoms with Crippen LogP contribution in [0.5, 0.6) is 11.5 Å². The minimum atomic E-state index is -0.384. The first-order valence-corrected chi connectivity index (χ1v) is 6.40. The van der Waals surface area contributed by atoms with Crippen LogP contribution in [0.15, 0.2) is 30.7 Å². The number of nitrogens with one attached hydrogen (secondary N) is 1. The van der Waals surface area contributed by atoms with Crippen LogP contribution in [0.4, 0.5) is 15.9 Å². The van der Waals surface area contributed by atoms with Crippen molar-refractivity contribution in [3.63, 3.8) is 0 Å². The average molecular weight is 308 g/mol. The van der Waals surface area contributed by atoms with Crippen LogP contribution in [0.1, 0.15) is 0 Å². The molecule has 0 atom stereocenters. The van der Waals surface area contributed by atoms with Crippen molar-refractivity contribution in [1.29, 1.82) is 0 Å². The van der Waals surface area contributed by atoms with Gasteiger partial charge in [0.1, 0.15) is 22.2 Å². The van der Waals surface area contributed by atoms with Gasteiger partial charge in [-0.3, -0.25) is 0 Å². The molecular weight excluding hydrogens is 297 g/mol. The van der Waals surface area contributed by atoms with Gasteiger partial charge in [-0.15, -0.1) is 0 Å². The largest absolute Gasteiger partial charge is 0.450 e. The summed E-state index contributed by atoms with van der Waals surface area (Å²) in [4.78, 5) is 3.99. The third kappa shape index (κ3) is 2.31. The molecule has 0 aliphatic carbocycles. The fraction of sp³-hybridized carbons (Fsp3) is 0.0769. The van der Waals surface area contributed by atoms with E-state index in [-0.39, 0.29) is 11.6 Å². The Morgan fingerprint density at radius 3 is 2.95 bits per heavy atom. The number of pyridine rings is 2. The van der Waals surface area contributed by atoms with Gasteiger partial charge < -0.3 is 15.8 Å². The lowest BCUT2D eigenvalue weighted by atomic mass is 10.3. The minimum Gasteiger partial charge on any atom is -0.450 e. The molecule has 0 radical (unpaired) electrons. The zero-order valence-electron chi connectivity index (χ0n) is 11.0. The highest BCUT2D eigenvalue weighted by atomic mass is 35.5. The molecule has 6 nitrogen and oxygen atoms in total. The minimum absolute atomic E-state index is 0.265. The smallest absolute Gasteiger partial charge is 0.173 e. The van der Waals surface area contributed by atoms with Crippen molar-refractivity contribution in [3.8, 4) is 11.5 Å². The Morgan fingerprint density at radius 1 is 1.38 bits per heavy atom. The second kappa shape index (κ2) is 5.10. The number of hydrogen-bond acceptors (Lipinski definition) is 5. The van der Waals surface area contributed by atoms with E-state index in [1.165, 1.54) is 35.2 Å². The summed E-state index contributed by atoms with van der Waals surface area (Å²) in [5, 5.41) is 7.21. The molecule has 3 rings (SSSR count). The van der Waals surface area contributed by atoms with Crippen molar-refractivity contribution in [2.75, 3.05) is 18.1 Å². The van der Waals surface area contributed by atoms with Crippen molar-refractivity contribution in [1.82, 2.24) is 14.6 Å². The van der Waals surface area contributed by atoms with Crippen LogP contribution < -0.4 is 15.8 Å². The third-order valence-corrected chi connectivity index (χ3v) is 3.31. The molecule has 0 aliphatic rings. The van der Waals surface area contributed by atoms with Gasteiger partial charge in [-0.25, -0.2) is 13.9 Å². The summed E-state index contributed by atoms with van der Waals surface area (Å²) in [5.41, 5.74) is 6.65. The lowest BCUT2D eigenvalue weighted by Gasteiger charge is -2.11. The van der Waals surface area contributed by atoms with Crippen LogP contribution in [-0.4, -0.2) is 21.6 Å². The summed E-state index contributed by atoms with van der Waals surface area (Å²) in [7, 11) is 1.67. The molecule has 0 bridgehead atoms. The Hall–Kier alpha value is -2.54. The lowest BCUT2D eigenvalue weighted by Crippen LogP contribution is -2.00. The summed E-state index contributed by atoms with van der Waals surface area (Å²) in [6.07, 6.45) is 4.38. The molecule has 0 spiro atoms. The molecular formula is C13H11ClFN5O. The zero-order valence-corrected chi connectivity index (χ0v) is 11.7. The van der Waals surface area contributed by atoms with E-state index in [1.807, 2.05) is 0 Å². The normalized spacial score (nSPS) is 10.8. The maximum absolute atomic E-state index is 13.3. The van der Waals surface area contributed by atoms with Crippen LogP contribution in [0.2, 0.25) is 5.02 Å². The van der Waals surface area contributed by atoms with Crippen LogP contribution in [0, 0.1) is 5.82 Å². The van der Waals surface area contributed by atoms with Crippen LogP contribution in [0.25, 0.3) is 5.52 Å². The second-order valence-electron chi connectivity index (χ2n) is 4.23. The first kappa shape index (κ1) is 13.4. The van der Waals surface area contributed by atoms with E-state index in [1.54, 1.807) is 7.05 Å². The predicted octanol–water partition coefficient (Wildman–Crippen LogP) is 2.94. The van der Waals surface area contributed by atoms with Crippen molar-refractivity contribution in [2.45, 2.75) is 0 Å². The molecule has 21 heavy (non-hydrogen) atoms. The Bertz CT molecular complexity index is 820. The molecule has 108 valence electrons. The number of halogens is 2. The van der Waals surface area contributed by atoms with Gasteiger partial charge in [0.05, 0.1) is 18.1 Å². The molecule has 3 heterocycles. The van der Waals surface area contributed by atoms with E-state index in [9.17, 15) is 4.39 Å². The van der Waals surface area contributed by atoms with Gasteiger partial charge in [0, 0.05) is 19.3 Å². The average Bonchev–Trinajstić information content (AvgIpc) is 2.85. The van der Waals surface area contributed by atoms with E-state index in [2.05, 4.69) is 15.4 Å². The summed E-state index contributed by atoms with van der Waals surface area (Å²) in [6.45, 7) is 0. The number of anilines is 2. The van der Waals surface area contributed by atoms with E-state index in [0.717, 1.165) is 0 Å². The Morgan fingerprint density at radius 2 is 2.19 bits per heavy atom. The fourth-order valence-corrected chi connectivity index (χ4v) is 2.20. The number of nitrogen functional groups attached to an aromatic ring is 1. The van der Waals surface area contributed by atoms with Crippen LogP contribution in [0.3, 0.4) is 0 Å². The standard InChI is InChI=1S/C13H11ClFN5O/c1-17-12-11(14)10(5-18-13(12)16)21-9-6-19-20-3-2-7(15)4-8(9)20/h2-6,17H,1H3,(H2,16,18). The van der Waals surface area contributed by atoms with Gasteiger partial charge in [0.25, 0.3) is 0 Å². The number of ether oxygens (including phenoxy) is 1. The molecule has 0 amide bonds. The van der Waals surface area contributed by atoms with Gasteiger partial charge >= 0.3 is 0 Å². The number of rotatable bonds is 3. The van der Waals surface area contributed by atoms with Crippen molar-refractivity contribution >= 4 is 28.6 Å². The van der Waals surface area contributed by atoms with Crippen molar-refractivity contribution < 1.29 is 9.13 Å². The molecule has 0 aromatic carbocycles. The van der Waals surface area contributed by atoms with Gasteiger partial charge in [0.15, 0.2) is 11.5 Å². The van der Waals surface area contributed by atoms with Gasteiger partial charge in [-0.1, -0.05) is 11.6 Å². The molecule has 3 aromatic heterocycles. The molecule has 3 N–H and O–H groups in total. The molecule has 0 saturated carbocycles.